The van der Waals surface area contributed by atoms with Crippen molar-refractivity contribution in [3.8, 4) is 0 Å². The van der Waals surface area contributed by atoms with Crippen LogP contribution in [-0.2, 0) is 28.2 Å². The molecule has 0 rings (SSSR count). The van der Waals surface area contributed by atoms with Crippen molar-refractivity contribution >= 4 is 19.8 Å². The summed E-state index contributed by atoms with van der Waals surface area (Å²) in [4.78, 5) is 44.6. The summed E-state index contributed by atoms with van der Waals surface area (Å²) in [7, 11) is -5.00. The number of hydrogen-bond donors (Lipinski definition) is 1. The molecule has 2 atom stereocenters. The number of unbranched alkanes of at least 4 members (excludes halogenated alkanes) is 22. The van der Waals surface area contributed by atoms with Crippen molar-refractivity contribution in [1.29, 1.82) is 0 Å². The first-order valence-corrected chi connectivity index (χ1v) is 21.1. The van der Waals surface area contributed by atoms with Crippen molar-refractivity contribution in [3.05, 3.63) is 24.3 Å². The minimum atomic E-state index is -5.00. The van der Waals surface area contributed by atoms with E-state index in [1.54, 1.807) is 0 Å². The van der Waals surface area contributed by atoms with Crippen molar-refractivity contribution in [2.75, 3.05) is 13.2 Å². The molecule has 0 aliphatic rings. The van der Waals surface area contributed by atoms with Gasteiger partial charge in [-0.2, -0.15) is 0 Å². The van der Waals surface area contributed by atoms with Crippen LogP contribution in [-0.4, -0.2) is 36.1 Å². The number of rotatable bonds is 36. The van der Waals surface area contributed by atoms with Crippen LogP contribution in [0.1, 0.15) is 194 Å². The zero-order chi connectivity index (χ0) is 35.4. The minimum absolute atomic E-state index is 0. The molecule has 282 valence electrons. The van der Waals surface area contributed by atoms with Crippen molar-refractivity contribution in [2.45, 2.75) is 200 Å². The summed E-state index contributed by atoms with van der Waals surface area (Å²) in [6, 6.07) is 0. The Labute approximate surface area is 322 Å². The molecule has 0 aromatic heterocycles. The number of esters is 2. The molecular formula is C39H72NaO8P. The van der Waals surface area contributed by atoms with E-state index in [4.69, 9.17) is 14.4 Å². The first-order chi connectivity index (χ1) is 23.3. The van der Waals surface area contributed by atoms with Crippen LogP contribution in [0.15, 0.2) is 24.3 Å². The summed E-state index contributed by atoms with van der Waals surface area (Å²) >= 11 is 0. The van der Waals surface area contributed by atoms with Crippen molar-refractivity contribution in [1.82, 2.24) is 0 Å². The monoisotopic (exact) mass is 722 g/mol. The average Bonchev–Trinajstić information content (AvgIpc) is 3.05. The summed E-state index contributed by atoms with van der Waals surface area (Å²) in [6.07, 6.45) is 38.7. The van der Waals surface area contributed by atoms with Gasteiger partial charge in [0.25, 0.3) is 7.82 Å². The number of carbonyl (C=O) groups is 2. The molecule has 49 heavy (non-hydrogen) atoms. The standard InChI is InChI=1S/C39H73O8P.Na/c1-3-5-7-9-11-13-15-17-19-21-23-25-27-29-31-33-38(40)45-35-37(36-46-48(42,43)44)47-39(41)34-32-30-28-26-24-22-20-18-16-14-12-10-8-6-4-2;/h17-20,37H,3-16,21-36H2,1-2H3,(H2,42,43,44);/q;+1/p-1/b19-17+,20-18+;. The third kappa shape index (κ3) is 41.8. The number of hydrogen-bond acceptors (Lipinski definition) is 7. The third-order valence-electron chi connectivity index (χ3n) is 8.44. The fourth-order valence-electron chi connectivity index (χ4n) is 5.48. The maximum Gasteiger partial charge on any atom is 1.00 e. The number of allylic oxidation sites excluding steroid dienone is 4. The maximum absolute atomic E-state index is 12.3. The van der Waals surface area contributed by atoms with E-state index in [-0.39, 0.29) is 49.0 Å². The van der Waals surface area contributed by atoms with Gasteiger partial charge in [0.1, 0.15) is 6.61 Å². The Morgan fingerprint density at radius 2 is 0.918 bits per heavy atom. The van der Waals surface area contributed by atoms with Gasteiger partial charge in [-0.05, 0) is 64.2 Å². The van der Waals surface area contributed by atoms with Crippen LogP contribution in [0.3, 0.4) is 0 Å². The number of carbonyl (C=O) groups excluding carboxylic acids is 2. The van der Waals surface area contributed by atoms with Crippen LogP contribution in [0.5, 0.6) is 0 Å². The number of phosphoric acid groups is 1. The van der Waals surface area contributed by atoms with Gasteiger partial charge < -0.3 is 23.8 Å². The zero-order valence-corrected chi connectivity index (χ0v) is 34.7. The van der Waals surface area contributed by atoms with Gasteiger partial charge in [0, 0.05) is 12.8 Å². The van der Waals surface area contributed by atoms with Gasteiger partial charge in [-0.1, -0.05) is 141 Å². The van der Waals surface area contributed by atoms with E-state index in [1.165, 1.54) is 89.9 Å². The zero-order valence-electron chi connectivity index (χ0n) is 31.9. The normalized spacial score (nSPS) is 13.4. The van der Waals surface area contributed by atoms with E-state index in [0.29, 0.717) is 12.8 Å². The minimum Gasteiger partial charge on any atom is -0.756 e. The van der Waals surface area contributed by atoms with Crippen LogP contribution >= 0.6 is 7.82 Å². The van der Waals surface area contributed by atoms with Gasteiger partial charge in [0.2, 0.25) is 0 Å². The second kappa shape index (κ2) is 38.8. The largest absolute Gasteiger partial charge is 1.00 e. The molecule has 2 unspecified atom stereocenters. The third-order valence-corrected chi connectivity index (χ3v) is 8.91. The van der Waals surface area contributed by atoms with Crippen molar-refractivity contribution in [2.24, 2.45) is 0 Å². The molecule has 0 saturated heterocycles. The first-order valence-electron chi connectivity index (χ1n) is 19.6. The molecule has 0 aromatic rings. The fourth-order valence-corrected chi connectivity index (χ4v) is 5.83. The van der Waals surface area contributed by atoms with Crippen molar-refractivity contribution < 1.29 is 67.5 Å². The molecule has 0 aliphatic carbocycles. The van der Waals surface area contributed by atoms with E-state index < -0.39 is 32.5 Å². The Morgan fingerprint density at radius 1 is 0.571 bits per heavy atom. The van der Waals surface area contributed by atoms with Crippen molar-refractivity contribution in [3.63, 3.8) is 0 Å². The Hall–Kier alpha value is -0.470. The van der Waals surface area contributed by atoms with Crippen LogP contribution in [0, 0.1) is 0 Å². The average molecular weight is 723 g/mol. The summed E-state index contributed by atoms with van der Waals surface area (Å²) in [5.41, 5.74) is 0. The molecule has 8 nitrogen and oxygen atoms in total. The van der Waals surface area contributed by atoms with E-state index in [0.717, 1.165) is 64.2 Å². The molecule has 0 saturated carbocycles. The Balaban J connectivity index is 0. The maximum atomic E-state index is 12.3. The summed E-state index contributed by atoms with van der Waals surface area (Å²) in [6.45, 7) is 3.57. The van der Waals surface area contributed by atoms with Gasteiger partial charge >= 0.3 is 41.5 Å². The van der Waals surface area contributed by atoms with E-state index >= 15 is 0 Å². The molecule has 0 aliphatic heterocycles. The molecule has 0 radical (unpaired) electrons. The van der Waals surface area contributed by atoms with Gasteiger partial charge in [0.05, 0.1) is 6.61 Å². The second-order valence-corrected chi connectivity index (χ2v) is 14.4. The van der Waals surface area contributed by atoms with Gasteiger partial charge in [-0.15, -0.1) is 0 Å². The van der Waals surface area contributed by atoms with Crippen LogP contribution in [0.4, 0.5) is 0 Å². The van der Waals surface area contributed by atoms with E-state index in [9.17, 15) is 19.0 Å². The Morgan fingerprint density at radius 3 is 1.31 bits per heavy atom. The van der Waals surface area contributed by atoms with Gasteiger partial charge in [-0.3, -0.25) is 14.2 Å². The molecule has 0 bridgehead atoms. The number of ether oxygens (including phenoxy) is 2. The second-order valence-electron chi connectivity index (χ2n) is 13.2. The van der Waals surface area contributed by atoms with Gasteiger partial charge in [-0.25, -0.2) is 0 Å². The van der Waals surface area contributed by atoms with Crippen LogP contribution in [0.2, 0.25) is 0 Å². The van der Waals surface area contributed by atoms with Gasteiger partial charge in [0.15, 0.2) is 6.10 Å². The van der Waals surface area contributed by atoms with E-state index in [1.807, 2.05) is 0 Å². The molecule has 0 fully saturated rings. The molecule has 1 N–H and O–H groups in total. The summed E-state index contributed by atoms with van der Waals surface area (Å²) < 4.78 is 26.0. The Kier molecular flexibility index (Phi) is 40.0. The molecule has 0 heterocycles. The quantitative estimate of drug-likeness (QED) is 0.0227. The van der Waals surface area contributed by atoms with Crippen LogP contribution in [0.25, 0.3) is 0 Å². The molecule has 0 amide bonds. The molecule has 10 heteroatoms. The predicted octanol–water partition coefficient (Wildman–Crippen LogP) is 8.00. The Bertz CT molecular complexity index is 845. The molecular weight excluding hydrogens is 650 g/mol. The SMILES string of the molecule is CCCCCCCC/C=C/CCCCCCCC(=O)OCC(COP(=O)([O-])O)OC(=O)CCCCCCC/C=C/CCCCCCCC.[Na+]. The topological polar surface area (TPSA) is 122 Å². The molecule has 0 spiro atoms. The first kappa shape index (κ1) is 50.6. The smallest absolute Gasteiger partial charge is 0.756 e. The summed E-state index contributed by atoms with van der Waals surface area (Å²) in [5.74, 6) is -0.937. The van der Waals surface area contributed by atoms with Crippen LogP contribution < -0.4 is 34.5 Å². The van der Waals surface area contributed by atoms with E-state index in [2.05, 4.69) is 42.7 Å². The molecule has 0 aromatic carbocycles. The summed E-state index contributed by atoms with van der Waals surface area (Å²) in [5, 5.41) is 0. The fraction of sp³-hybridized carbons (Fsp3) is 0.846. The predicted molar refractivity (Wildman–Crippen MR) is 196 cm³/mol. The number of phosphoric ester groups is 1.